The summed E-state index contributed by atoms with van der Waals surface area (Å²) in [6.45, 7) is 0.131. The summed E-state index contributed by atoms with van der Waals surface area (Å²) >= 11 is 0. The molecule has 0 amide bonds. The lowest BCUT2D eigenvalue weighted by Crippen LogP contribution is -2.20. The van der Waals surface area contributed by atoms with E-state index >= 15 is 0 Å². The molecule has 2 rings (SSSR count). The zero-order valence-electron chi connectivity index (χ0n) is 9.33. The molecule has 2 aromatic rings. The Hall–Kier alpha value is -1.60. The first-order valence-electron chi connectivity index (χ1n) is 5.00. The van der Waals surface area contributed by atoms with E-state index in [0.717, 1.165) is 4.09 Å². The molecule has 0 spiro atoms. The fourth-order valence-electron chi connectivity index (χ4n) is 1.55. The summed E-state index contributed by atoms with van der Waals surface area (Å²) in [5.41, 5.74) is 6.74. The summed E-state index contributed by atoms with van der Waals surface area (Å²) in [6.07, 6.45) is 1.45. The highest BCUT2D eigenvalue weighted by Crippen LogP contribution is 2.21. The van der Waals surface area contributed by atoms with E-state index in [-0.39, 0.29) is 12.4 Å². The predicted molar refractivity (Wildman–Crippen MR) is 65.2 cm³/mol. The molecule has 7 heteroatoms. The fourth-order valence-corrected chi connectivity index (χ4v) is 2.75. The Morgan fingerprint density at radius 2 is 2.24 bits per heavy atom. The van der Waals surface area contributed by atoms with Crippen molar-refractivity contribution in [3.63, 3.8) is 0 Å². The van der Waals surface area contributed by atoms with Crippen molar-refractivity contribution in [2.75, 3.05) is 25.2 Å². The van der Waals surface area contributed by atoms with Gasteiger partial charge in [0.25, 0.3) is 10.0 Å². The number of aromatic nitrogens is 2. The summed E-state index contributed by atoms with van der Waals surface area (Å²) in [4.78, 5) is 0. The van der Waals surface area contributed by atoms with Crippen LogP contribution in [0.15, 0.2) is 24.4 Å². The van der Waals surface area contributed by atoms with Crippen molar-refractivity contribution in [3.8, 4) is 0 Å². The second-order valence-corrected chi connectivity index (χ2v) is 5.49. The zero-order chi connectivity index (χ0) is 12.5. The van der Waals surface area contributed by atoms with Crippen LogP contribution in [0.4, 0.5) is 5.69 Å². The van der Waals surface area contributed by atoms with Crippen molar-refractivity contribution in [3.05, 3.63) is 24.4 Å². The van der Waals surface area contributed by atoms with Gasteiger partial charge in [-0.2, -0.15) is 9.19 Å². The van der Waals surface area contributed by atoms with Gasteiger partial charge in [-0.25, -0.2) is 8.42 Å². The number of hydrogen-bond acceptors (Lipinski definition) is 5. The Balaban J connectivity index is 2.53. The smallest absolute Gasteiger partial charge is 0.256 e. The van der Waals surface area contributed by atoms with Gasteiger partial charge in [0.1, 0.15) is 0 Å². The molecular formula is C10H13N3O3S. The lowest BCUT2D eigenvalue weighted by Gasteiger charge is -2.05. The molecule has 17 heavy (non-hydrogen) atoms. The lowest BCUT2D eigenvalue weighted by atomic mass is 10.2. The van der Waals surface area contributed by atoms with Crippen LogP contribution in [0.25, 0.3) is 10.9 Å². The minimum atomic E-state index is -3.50. The van der Waals surface area contributed by atoms with Gasteiger partial charge in [0, 0.05) is 18.2 Å². The fraction of sp³-hybridized carbons (Fsp3) is 0.300. The number of fused-ring (bicyclic) bond motifs is 1. The maximum absolute atomic E-state index is 12.0. The minimum Gasteiger partial charge on any atom is -0.398 e. The van der Waals surface area contributed by atoms with E-state index in [1.807, 2.05) is 0 Å². The maximum atomic E-state index is 12.0. The molecule has 1 aromatic carbocycles. The second kappa shape index (κ2) is 4.34. The Kier molecular flexibility index (Phi) is 3.03. The molecule has 1 heterocycles. The van der Waals surface area contributed by atoms with Crippen LogP contribution in [-0.4, -0.2) is 37.1 Å². The molecule has 92 valence electrons. The van der Waals surface area contributed by atoms with Crippen LogP contribution in [-0.2, 0) is 14.8 Å². The second-order valence-electron chi connectivity index (χ2n) is 3.58. The van der Waals surface area contributed by atoms with Gasteiger partial charge in [-0.3, -0.25) is 0 Å². The Bertz CT molecular complexity index is 633. The van der Waals surface area contributed by atoms with Crippen LogP contribution in [0, 0.1) is 0 Å². The van der Waals surface area contributed by atoms with Gasteiger partial charge >= 0.3 is 0 Å². The molecular weight excluding hydrogens is 242 g/mol. The number of nitrogens with zero attached hydrogens (tertiary/aromatic N) is 2. The number of nitrogens with two attached hydrogens (primary N) is 1. The minimum absolute atomic E-state index is 0.116. The molecule has 2 N–H and O–H groups in total. The third-order valence-electron chi connectivity index (χ3n) is 2.42. The summed E-state index contributed by atoms with van der Waals surface area (Å²) in [5.74, 6) is -0.116. The molecule has 0 aliphatic carbocycles. The monoisotopic (exact) mass is 255 g/mol. The quantitative estimate of drug-likeness (QED) is 0.801. The predicted octanol–water partition coefficient (Wildman–Crippen LogP) is 0.443. The lowest BCUT2D eigenvalue weighted by molar-refractivity contribution is 0.217. The molecule has 0 aliphatic rings. The van der Waals surface area contributed by atoms with E-state index < -0.39 is 10.0 Å². The molecule has 0 saturated heterocycles. The molecule has 0 radical (unpaired) electrons. The number of nitrogen functional groups attached to an aromatic ring is 1. The zero-order valence-corrected chi connectivity index (χ0v) is 10.1. The van der Waals surface area contributed by atoms with Gasteiger partial charge in [-0.1, -0.05) is 6.07 Å². The van der Waals surface area contributed by atoms with Crippen molar-refractivity contribution in [2.45, 2.75) is 0 Å². The molecule has 0 saturated carbocycles. The normalized spacial score (nSPS) is 12.1. The van der Waals surface area contributed by atoms with Crippen molar-refractivity contribution in [1.29, 1.82) is 0 Å². The van der Waals surface area contributed by atoms with Crippen molar-refractivity contribution < 1.29 is 13.2 Å². The summed E-state index contributed by atoms with van der Waals surface area (Å²) in [6, 6.07) is 5.07. The van der Waals surface area contributed by atoms with E-state index in [4.69, 9.17) is 10.5 Å². The summed E-state index contributed by atoms with van der Waals surface area (Å²) < 4.78 is 29.7. The number of anilines is 1. The van der Waals surface area contributed by atoms with Gasteiger partial charge in [0.15, 0.2) is 0 Å². The van der Waals surface area contributed by atoms with Gasteiger partial charge in [0.05, 0.1) is 24.1 Å². The maximum Gasteiger partial charge on any atom is 0.256 e. The topological polar surface area (TPSA) is 87.2 Å². The highest BCUT2D eigenvalue weighted by molar-refractivity contribution is 7.90. The van der Waals surface area contributed by atoms with E-state index in [1.54, 1.807) is 18.2 Å². The third-order valence-corrected chi connectivity index (χ3v) is 3.92. The summed E-state index contributed by atoms with van der Waals surface area (Å²) in [5, 5.41) is 4.51. The molecule has 6 nitrogen and oxygen atoms in total. The standard InChI is InChI=1S/C10H13N3O3S/c1-16-5-6-17(14,15)13-10-4-2-3-9(11)8(10)7-12-13/h2-4,7H,5-6,11H2,1H3. The highest BCUT2D eigenvalue weighted by atomic mass is 32.2. The number of methoxy groups -OCH3 is 1. The number of rotatable bonds is 4. The van der Waals surface area contributed by atoms with E-state index in [2.05, 4.69) is 5.10 Å². The van der Waals surface area contributed by atoms with E-state index in [9.17, 15) is 8.42 Å². The van der Waals surface area contributed by atoms with Crippen LogP contribution in [0.1, 0.15) is 0 Å². The Labute approximate surface area is 99.0 Å². The molecule has 0 bridgehead atoms. The van der Waals surface area contributed by atoms with Gasteiger partial charge in [0.2, 0.25) is 0 Å². The summed E-state index contributed by atoms with van der Waals surface area (Å²) in [7, 11) is -2.04. The molecule has 0 fully saturated rings. The molecule has 1 aromatic heterocycles. The average Bonchev–Trinajstić information content (AvgIpc) is 2.72. The Morgan fingerprint density at radius 1 is 1.47 bits per heavy atom. The van der Waals surface area contributed by atoms with Gasteiger partial charge in [-0.15, -0.1) is 0 Å². The van der Waals surface area contributed by atoms with Crippen LogP contribution < -0.4 is 5.73 Å². The van der Waals surface area contributed by atoms with Crippen LogP contribution in [0.3, 0.4) is 0 Å². The van der Waals surface area contributed by atoms with Crippen molar-refractivity contribution >= 4 is 26.6 Å². The first-order chi connectivity index (χ1) is 8.06. The first kappa shape index (κ1) is 11.9. The number of benzene rings is 1. The van der Waals surface area contributed by atoms with Gasteiger partial charge in [-0.05, 0) is 12.1 Å². The van der Waals surface area contributed by atoms with Crippen LogP contribution >= 0.6 is 0 Å². The SMILES string of the molecule is COCCS(=O)(=O)n1ncc2c(N)cccc21. The Morgan fingerprint density at radius 3 is 2.94 bits per heavy atom. The first-order valence-corrected chi connectivity index (χ1v) is 6.61. The van der Waals surface area contributed by atoms with Crippen LogP contribution in [0.5, 0.6) is 0 Å². The third kappa shape index (κ3) is 2.11. The molecule has 0 atom stereocenters. The van der Waals surface area contributed by atoms with Crippen molar-refractivity contribution in [1.82, 2.24) is 9.19 Å². The van der Waals surface area contributed by atoms with E-state index in [0.29, 0.717) is 16.6 Å². The molecule has 0 aliphatic heterocycles. The number of hydrogen-bond donors (Lipinski definition) is 1. The average molecular weight is 255 g/mol. The van der Waals surface area contributed by atoms with Crippen molar-refractivity contribution in [2.24, 2.45) is 0 Å². The van der Waals surface area contributed by atoms with E-state index in [1.165, 1.54) is 13.3 Å². The van der Waals surface area contributed by atoms with Crippen LogP contribution in [0.2, 0.25) is 0 Å². The molecule has 0 unspecified atom stereocenters. The largest absolute Gasteiger partial charge is 0.398 e. The number of ether oxygens (including phenoxy) is 1. The highest BCUT2D eigenvalue weighted by Gasteiger charge is 2.17. The van der Waals surface area contributed by atoms with Gasteiger partial charge < -0.3 is 10.5 Å².